The number of ether oxygens (including phenoxy) is 2. The second kappa shape index (κ2) is 16.1. The Morgan fingerprint density at radius 2 is 1.83 bits per heavy atom. The molecule has 2 N–H and O–H groups in total. The van der Waals surface area contributed by atoms with Gasteiger partial charge in [0.25, 0.3) is 26.0 Å². The van der Waals surface area contributed by atoms with Crippen LogP contribution in [0.1, 0.15) is 50.4 Å². The minimum Gasteiger partial charge on any atom is -0.490 e. The van der Waals surface area contributed by atoms with Crippen molar-refractivity contribution in [3.8, 4) is 5.75 Å². The van der Waals surface area contributed by atoms with Crippen LogP contribution in [0.4, 0.5) is 5.69 Å². The van der Waals surface area contributed by atoms with Crippen LogP contribution in [0, 0.1) is 5.92 Å². The van der Waals surface area contributed by atoms with Crippen LogP contribution in [-0.4, -0.2) is 88.7 Å². The van der Waals surface area contributed by atoms with Crippen molar-refractivity contribution in [3.63, 3.8) is 0 Å². The monoisotopic (exact) mass is 727 g/mol. The van der Waals surface area contributed by atoms with E-state index in [1.165, 1.54) is 52.7 Å². The van der Waals surface area contributed by atoms with Crippen LogP contribution in [0.5, 0.6) is 5.75 Å². The van der Waals surface area contributed by atoms with Gasteiger partial charge in [-0.3, -0.25) is 9.52 Å². The van der Waals surface area contributed by atoms with E-state index in [1.54, 1.807) is 30.5 Å². The summed E-state index contributed by atoms with van der Waals surface area (Å²) in [6, 6.07) is 12.8. The average Bonchev–Trinajstić information content (AvgIpc) is 3.59. The summed E-state index contributed by atoms with van der Waals surface area (Å²) in [4.78, 5) is 15.8. The third-order valence-electron chi connectivity index (χ3n) is 8.02. The zero-order valence-corrected chi connectivity index (χ0v) is 30.0. The van der Waals surface area contributed by atoms with Crippen molar-refractivity contribution in [3.05, 3.63) is 70.6 Å². The van der Waals surface area contributed by atoms with Gasteiger partial charge < -0.3 is 19.5 Å². The van der Waals surface area contributed by atoms with E-state index in [0.29, 0.717) is 24.5 Å². The number of hydrogen-bond acceptors (Lipinski definition) is 9. The number of rotatable bonds is 9. The summed E-state index contributed by atoms with van der Waals surface area (Å²) in [6.07, 6.45) is 1.30. The highest BCUT2D eigenvalue weighted by molar-refractivity contribution is 7.92. The highest BCUT2D eigenvalue weighted by Gasteiger charge is 2.33. The number of amides is 1. The molecule has 0 aliphatic carbocycles. The van der Waals surface area contributed by atoms with Gasteiger partial charge in [-0.05, 0) is 87.0 Å². The van der Waals surface area contributed by atoms with Crippen molar-refractivity contribution < 1.29 is 36.2 Å². The van der Waals surface area contributed by atoms with Crippen molar-refractivity contribution in [2.24, 2.45) is 5.92 Å². The molecule has 2 heterocycles. The number of aliphatic hydroxyl groups is 1. The van der Waals surface area contributed by atoms with E-state index in [1.807, 2.05) is 13.8 Å². The van der Waals surface area contributed by atoms with Gasteiger partial charge in [0.1, 0.15) is 9.96 Å². The molecule has 3 aromatic rings. The number of fused-ring (bicyclic) bond motifs is 1. The number of nitrogens with one attached hydrogen (secondary N) is 1. The highest BCUT2D eigenvalue weighted by atomic mass is 35.5. The molecule has 1 aliphatic rings. The molecule has 1 aromatic heterocycles. The fourth-order valence-electron chi connectivity index (χ4n) is 5.19. The molecule has 4 atom stereocenters. The maximum atomic E-state index is 14.3. The standard InChI is InChI=1S/C32H42ClN3O8S3/c1-22-19-36(23(2)21-37)32(38)28-18-26(34-46(39,40)27-13-10-25(33)11-14-27)12-15-29(28)44-24(3)8-5-6-16-43-30(22)20-35(4)47(41,42)31-9-7-17-45-31/h7,9-15,17-18,22-24,30,34,37H,5-6,8,16,19-21H2,1-4H3/t22-,23+,24-,30-/m0/s1. The first kappa shape index (κ1) is 37.1. The molecule has 15 heteroatoms. The summed E-state index contributed by atoms with van der Waals surface area (Å²) < 4.78 is 69.3. The number of hydrogen-bond donors (Lipinski definition) is 2. The number of nitrogens with zero attached hydrogens (tertiary/aromatic N) is 2. The van der Waals surface area contributed by atoms with Crippen molar-refractivity contribution in [1.29, 1.82) is 0 Å². The molecule has 2 aromatic carbocycles. The Hall–Kier alpha value is -2.72. The lowest BCUT2D eigenvalue weighted by Gasteiger charge is -2.35. The van der Waals surface area contributed by atoms with Gasteiger partial charge in [-0.15, -0.1) is 11.3 Å². The van der Waals surface area contributed by atoms with Crippen LogP contribution in [0.3, 0.4) is 0 Å². The van der Waals surface area contributed by atoms with Gasteiger partial charge in [0.05, 0.1) is 35.3 Å². The van der Waals surface area contributed by atoms with E-state index in [9.17, 15) is 26.7 Å². The number of carbonyl (C=O) groups excluding carboxylic acids is 1. The molecule has 11 nitrogen and oxygen atoms in total. The molecule has 0 saturated heterocycles. The van der Waals surface area contributed by atoms with E-state index in [-0.39, 0.29) is 57.8 Å². The van der Waals surface area contributed by atoms with E-state index in [0.717, 1.165) is 17.8 Å². The van der Waals surface area contributed by atoms with Gasteiger partial charge in [-0.2, -0.15) is 4.31 Å². The summed E-state index contributed by atoms with van der Waals surface area (Å²) in [5.41, 5.74) is 0.267. The molecule has 0 radical (unpaired) electrons. The van der Waals surface area contributed by atoms with Gasteiger partial charge in [0, 0.05) is 43.4 Å². The number of likely N-dealkylation sites (N-methyl/N-ethyl adjacent to an activating group) is 1. The molecule has 4 rings (SSSR count). The van der Waals surface area contributed by atoms with Crippen LogP contribution in [0.2, 0.25) is 5.02 Å². The second-order valence-corrected chi connectivity index (χ2v) is 17.1. The van der Waals surface area contributed by atoms with E-state index >= 15 is 0 Å². The van der Waals surface area contributed by atoms with Crippen molar-refractivity contribution in [2.45, 2.75) is 67.4 Å². The Kier molecular flexibility index (Phi) is 12.7. The Morgan fingerprint density at radius 3 is 2.49 bits per heavy atom. The maximum Gasteiger partial charge on any atom is 0.261 e. The first-order valence-electron chi connectivity index (χ1n) is 15.3. The van der Waals surface area contributed by atoms with E-state index < -0.39 is 38.1 Å². The van der Waals surface area contributed by atoms with Crippen LogP contribution in [0.25, 0.3) is 0 Å². The Balaban J connectivity index is 1.68. The van der Waals surface area contributed by atoms with Gasteiger partial charge in [0.15, 0.2) is 0 Å². The Bertz CT molecular complexity index is 1700. The van der Waals surface area contributed by atoms with Crippen molar-refractivity contribution in [2.75, 3.05) is 38.1 Å². The topological polar surface area (TPSA) is 143 Å². The van der Waals surface area contributed by atoms with Crippen LogP contribution >= 0.6 is 22.9 Å². The van der Waals surface area contributed by atoms with Gasteiger partial charge in [-0.25, -0.2) is 16.8 Å². The molecule has 258 valence electrons. The zero-order valence-electron chi connectivity index (χ0n) is 26.8. The lowest BCUT2D eigenvalue weighted by atomic mass is 10.0. The lowest BCUT2D eigenvalue weighted by molar-refractivity contribution is -0.00832. The molecule has 0 saturated carbocycles. The third kappa shape index (κ3) is 9.46. The molecule has 47 heavy (non-hydrogen) atoms. The lowest BCUT2D eigenvalue weighted by Crippen LogP contribution is -2.48. The van der Waals surface area contributed by atoms with Gasteiger partial charge in [0.2, 0.25) is 0 Å². The van der Waals surface area contributed by atoms with E-state index in [4.69, 9.17) is 21.1 Å². The molecule has 1 amide bonds. The molecular weight excluding hydrogens is 686 g/mol. The summed E-state index contributed by atoms with van der Waals surface area (Å²) in [5, 5.41) is 12.3. The smallest absolute Gasteiger partial charge is 0.261 e. The number of carbonyl (C=O) groups is 1. The van der Waals surface area contributed by atoms with Crippen molar-refractivity contribution >= 4 is 54.6 Å². The normalized spacial score (nSPS) is 21.0. The van der Waals surface area contributed by atoms with Crippen LogP contribution < -0.4 is 9.46 Å². The Labute approximate surface area is 286 Å². The third-order valence-corrected chi connectivity index (χ3v) is 12.9. The Morgan fingerprint density at radius 1 is 1.11 bits per heavy atom. The maximum absolute atomic E-state index is 14.3. The first-order chi connectivity index (χ1) is 22.2. The molecule has 0 spiro atoms. The zero-order chi connectivity index (χ0) is 34.4. The predicted molar refractivity (Wildman–Crippen MR) is 183 cm³/mol. The minimum atomic E-state index is -4.01. The first-order valence-corrected chi connectivity index (χ1v) is 19.5. The number of aliphatic hydroxyl groups excluding tert-OH is 1. The number of benzene rings is 2. The number of halogens is 1. The van der Waals surface area contributed by atoms with E-state index in [2.05, 4.69) is 4.72 Å². The second-order valence-electron chi connectivity index (χ2n) is 11.8. The van der Waals surface area contributed by atoms with Crippen LogP contribution in [-0.2, 0) is 24.8 Å². The minimum absolute atomic E-state index is 0.000335. The molecule has 0 bridgehead atoms. The van der Waals surface area contributed by atoms with Gasteiger partial charge in [-0.1, -0.05) is 24.6 Å². The molecule has 0 fully saturated rings. The summed E-state index contributed by atoms with van der Waals surface area (Å²) in [6.45, 7) is 5.70. The fourth-order valence-corrected chi connectivity index (χ4v) is 8.75. The largest absolute Gasteiger partial charge is 0.490 e. The molecule has 0 unspecified atom stereocenters. The predicted octanol–water partition coefficient (Wildman–Crippen LogP) is 5.32. The quantitative estimate of drug-likeness (QED) is 0.302. The average molecular weight is 728 g/mol. The number of sulfonamides is 2. The molecular formula is C32H42ClN3O8S3. The summed E-state index contributed by atoms with van der Waals surface area (Å²) in [5.74, 6) is -0.554. The fraction of sp³-hybridized carbons (Fsp3) is 0.469. The highest BCUT2D eigenvalue weighted by Crippen LogP contribution is 2.30. The molecule has 1 aliphatic heterocycles. The summed E-state index contributed by atoms with van der Waals surface area (Å²) in [7, 11) is -6.24. The van der Waals surface area contributed by atoms with Gasteiger partial charge >= 0.3 is 0 Å². The summed E-state index contributed by atoms with van der Waals surface area (Å²) >= 11 is 7.07. The SMILES string of the molecule is C[C@H](CO)N1C[C@H](C)[C@H](CN(C)S(=O)(=O)c2cccs2)OCCCC[C@H](C)Oc2ccc(NS(=O)(=O)c3ccc(Cl)cc3)cc2C1=O. The number of anilines is 1. The number of thiophene rings is 1. The van der Waals surface area contributed by atoms with Crippen LogP contribution in [0.15, 0.2) is 69.1 Å². The van der Waals surface area contributed by atoms with Crippen molar-refractivity contribution in [1.82, 2.24) is 9.21 Å².